The number of benzene rings is 1. The molecule has 1 aliphatic rings. The summed E-state index contributed by atoms with van der Waals surface area (Å²) in [5.41, 5.74) is 1.76. The second-order valence-electron chi connectivity index (χ2n) is 5.23. The Hall–Kier alpha value is -1.75. The Morgan fingerprint density at radius 1 is 1.40 bits per heavy atom. The van der Waals surface area contributed by atoms with Crippen LogP contribution in [0.2, 0.25) is 0 Å². The summed E-state index contributed by atoms with van der Waals surface area (Å²) in [5, 5.41) is 15.4. The standard InChI is InChI=1S/C15H23N3O2/c1-3-18(2)13-9-5-4-7-11(13)16-15(20)17-12-8-6-10-14(12)19/h4-5,7,9,12,14,19H,3,6,8,10H2,1-2H3,(H2,16,17,20)/t12-,14-/m0/s1. The number of rotatable bonds is 4. The first-order chi connectivity index (χ1) is 9.61. The Balaban J connectivity index is 2.00. The molecule has 1 saturated carbocycles. The maximum atomic E-state index is 12.0. The van der Waals surface area contributed by atoms with Gasteiger partial charge in [-0.2, -0.15) is 0 Å². The molecule has 3 N–H and O–H groups in total. The van der Waals surface area contributed by atoms with Gasteiger partial charge in [-0.1, -0.05) is 12.1 Å². The van der Waals surface area contributed by atoms with Gasteiger partial charge < -0.3 is 20.6 Å². The second-order valence-corrected chi connectivity index (χ2v) is 5.23. The molecule has 5 heteroatoms. The van der Waals surface area contributed by atoms with Gasteiger partial charge in [-0.05, 0) is 38.3 Å². The Morgan fingerprint density at radius 3 is 2.80 bits per heavy atom. The Morgan fingerprint density at radius 2 is 2.15 bits per heavy atom. The van der Waals surface area contributed by atoms with Crippen molar-refractivity contribution in [2.75, 3.05) is 23.8 Å². The molecule has 1 aliphatic carbocycles. The van der Waals surface area contributed by atoms with E-state index in [4.69, 9.17) is 0 Å². The number of nitrogens with one attached hydrogen (secondary N) is 2. The van der Waals surface area contributed by atoms with E-state index in [9.17, 15) is 9.90 Å². The molecule has 0 spiro atoms. The van der Waals surface area contributed by atoms with Crippen LogP contribution in [0.4, 0.5) is 16.2 Å². The smallest absolute Gasteiger partial charge is 0.319 e. The van der Waals surface area contributed by atoms with Crippen LogP contribution >= 0.6 is 0 Å². The highest BCUT2D eigenvalue weighted by molar-refractivity contribution is 5.93. The van der Waals surface area contributed by atoms with Crippen LogP contribution < -0.4 is 15.5 Å². The molecule has 0 heterocycles. The molecule has 2 rings (SSSR count). The average Bonchev–Trinajstić information content (AvgIpc) is 2.84. The monoisotopic (exact) mass is 277 g/mol. The van der Waals surface area contributed by atoms with Crippen LogP contribution in [-0.2, 0) is 0 Å². The normalized spacial score (nSPS) is 21.6. The first-order valence-electron chi connectivity index (χ1n) is 7.17. The first kappa shape index (κ1) is 14.7. The Labute approximate surface area is 120 Å². The number of anilines is 2. The molecule has 0 saturated heterocycles. The number of hydrogen-bond acceptors (Lipinski definition) is 3. The van der Waals surface area contributed by atoms with Crippen LogP contribution in [0, 0.1) is 0 Å². The number of amides is 2. The van der Waals surface area contributed by atoms with E-state index in [2.05, 4.69) is 22.5 Å². The third-order valence-electron chi connectivity index (χ3n) is 3.83. The maximum absolute atomic E-state index is 12.0. The number of hydrogen-bond donors (Lipinski definition) is 3. The third kappa shape index (κ3) is 3.42. The van der Waals surface area contributed by atoms with Crippen molar-refractivity contribution in [2.45, 2.75) is 38.3 Å². The molecule has 1 fully saturated rings. The number of aliphatic hydroxyl groups excluding tert-OH is 1. The van der Waals surface area contributed by atoms with Crippen molar-refractivity contribution in [3.63, 3.8) is 0 Å². The summed E-state index contributed by atoms with van der Waals surface area (Å²) in [6, 6.07) is 7.31. The zero-order valence-corrected chi connectivity index (χ0v) is 12.1. The number of carbonyl (C=O) groups is 1. The van der Waals surface area contributed by atoms with E-state index in [0.717, 1.165) is 37.2 Å². The predicted octanol–water partition coefficient (Wildman–Crippen LogP) is 2.18. The van der Waals surface area contributed by atoms with Gasteiger partial charge >= 0.3 is 6.03 Å². The van der Waals surface area contributed by atoms with E-state index in [0.29, 0.717) is 0 Å². The number of aliphatic hydroxyl groups is 1. The molecule has 5 nitrogen and oxygen atoms in total. The van der Waals surface area contributed by atoms with Crippen molar-refractivity contribution in [2.24, 2.45) is 0 Å². The van der Waals surface area contributed by atoms with Gasteiger partial charge in [0.25, 0.3) is 0 Å². The minimum Gasteiger partial charge on any atom is -0.391 e. The van der Waals surface area contributed by atoms with E-state index in [1.807, 2.05) is 31.3 Å². The SMILES string of the molecule is CCN(C)c1ccccc1NC(=O)N[C@H]1CCC[C@@H]1O. The van der Waals surface area contributed by atoms with Crippen LogP contribution in [-0.4, -0.2) is 36.9 Å². The summed E-state index contributed by atoms with van der Waals surface area (Å²) in [7, 11) is 1.99. The summed E-state index contributed by atoms with van der Waals surface area (Å²) in [6.07, 6.45) is 2.14. The molecule has 0 bridgehead atoms. The fourth-order valence-corrected chi connectivity index (χ4v) is 2.52. The molecule has 110 valence electrons. The highest BCUT2D eigenvalue weighted by Crippen LogP contribution is 2.24. The lowest BCUT2D eigenvalue weighted by molar-refractivity contribution is 0.151. The Bertz CT molecular complexity index is 464. The molecule has 0 radical (unpaired) electrons. The van der Waals surface area contributed by atoms with Crippen LogP contribution in [0.3, 0.4) is 0 Å². The largest absolute Gasteiger partial charge is 0.391 e. The van der Waals surface area contributed by atoms with E-state index in [-0.39, 0.29) is 12.1 Å². The van der Waals surface area contributed by atoms with E-state index >= 15 is 0 Å². The quantitative estimate of drug-likeness (QED) is 0.790. The van der Waals surface area contributed by atoms with Gasteiger partial charge in [0.15, 0.2) is 0 Å². The highest BCUT2D eigenvalue weighted by atomic mass is 16.3. The van der Waals surface area contributed by atoms with Gasteiger partial charge in [-0.3, -0.25) is 0 Å². The van der Waals surface area contributed by atoms with Crippen molar-refractivity contribution in [1.82, 2.24) is 5.32 Å². The van der Waals surface area contributed by atoms with Gasteiger partial charge in [-0.15, -0.1) is 0 Å². The zero-order chi connectivity index (χ0) is 14.5. The lowest BCUT2D eigenvalue weighted by Crippen LogP contribution is -2.42. The molecule has 1 aromatic carbocycles. The third-order valence-corrected chi connectivity index (χ3v) is 3.83. The van der Waals surface area contributed by atoms with E-state index in [1.165, 1.54) is 0 Å². The zero-order valence-electron chi connectivity index (χ0n) is 12.1. The topological polar surface area (TPSA) is 64.6 Å². The van der Waals surface area contributed by atoms with Crippen LogP contribution in [0.1, 0.15) is 26.2 Å². The summed E-state index contributed by atoms with van der Waals surface area (Å²) in [5.74, 6) is 0. The molecular weight excluding hydrogens is 254 g/mol. The van der Waals surface area contributed by atoms with Crippen molar-refractivity contribution in [3.8, 4) is 0 Å². The minimum absolute atomic E-state index is 0.133. The lowest BCUT2D eigenvalue weighted by Gasteiger charge is -2.22. The second kappa shape index (κ2) is 6.61. The number of para-hydroxylation sites is 2. The molecule has 0 aromatic heterocycles. The van der Waals surface area contributed by atoms with Crippen LogP contribution in [0.5, 0.6) is 0 Å². The lowest BCUT2D eigenvalue weighted by atomic mass is 10.2. The van der Waals surface area contributed by atoms with Gasteiger partial charge in [0, 0.05) is 13.6 Å². The van der Waals surface area contributed by atoms with Gasteiger partial charge in [-0.25, -0.2) is 4.79 Å². The molecular formula is C15H23N3O2. The summed E-state index contributed by atoms with van der Waals surface area (Å²) in [4.78, 5) is 14.1. The fraction of sp³-hybridized carbons (Fsp3) is 0.533. The molecule has 1 aromatic rings. The number of carbonyl (C=O) groups excluding carboxylic acids is 1. The predicted molar refractivity (Wildman–Crippen MR) is 81.2 cm³/mol. The summed E-state index contributed by atoms with van der Waals surface area (Å²) in [6.45, 7) is 2.92. The minimum atomic E-state index is -0.422. The van der Waals surface area contributed by atoms with Crippen molar-refractivity contribution in [3.05, 3.63) is 24.3 Å². The van der Waals surface area contributed by atoms with Gasteiger partial charge in [0.2, 0.25) is 0 Å². The fourth-order valence-electron chi connectivity index (χ4n) is 2.52. The number of urea groups is 1. The molecule has 20 heavy (non-hydrogen) atoms. The number of nitrogens with zero attached hydrogens (tertiary/aromatic N) is 1. The average molecular weight is 277 g/mol. The molecule has 0 unspecified atom stereocenters. The molecule has 2 atom stereocenters. The van der Waals surface area contributed by atoms with Crippen molar-refractivity contribution >= 4 is 17.4 Å². The van der Waals surface area contributed by atoms with Gasteiger partial charge in [0.1, 0.15) is 0 Å². The van der Waals surface area contributed by atoms with E-state index in [1.54, 1.807) is 0 Å². The maximum Gasteiger partial charge on any atom is 0.319 e. The van der Waals surface area contributed by atoms with Crippen LogP contribution in [0.25, 0.3) is 0 Å². The summed E-state index contributed by atoms with van der Waals surface area (Å²) >= 11 is 0. The highest BCUT2D eigenvalue weighted by Gasteiger charge is 2.26. The van der Waals surface area contributed by atoms with Crippen molar-refractivity contribution < 1.29 is 9.90 Å². The van der Waals surface area contributed by atoms with Crippen LogP contribution in [0.15, 0.2) is 24.3 Å². The molecule has 2 amide bonds. The van der Waals surface area contributed by atoms with Gasteiger partial charge in [0.05, 0.1) is 23.5 Å². The summed E-state index contributed by atoms with van der Waals surface area (Å²) < 4.78 is 0. The van der Waals surface area contributed by atoms with Crippen molar-refractivity contribution in [1.29, 1.82) is 0 Å². The van der Waals surface area contributed by atoms with E-state index < -0.39 is 6.10 Å². The molecule has 0 aliphatic heterocycles. The first-order valence-corrected chi connectivity index (χ1v) is 7.17. The Kier molecular flexibility index (Phi) is 4.84.